The second kappa shape index (κ2) is 3.11. The van der Waals surface area contributed by atoms with Gasteiger partial charge >= 0.3 is 6.19 Å². The second-order valence-electron chi connectivity index (χ2n) is 1.15. The normalized spacial score (nSPS) is 12.9. The molecule has 6 heteroatoms. The molecule has 0 aliphatic carbocycles. The third kappa shape index (κ3) is 3.41. The lowest BCUT2D eigenvalue weighted by atomic mass is 10.7. The average Bonchev–Trinajstić information content (AvgIpc) is 1.64. The smallest absolute Gasteiger partial charge is 0.318 e. The fourth-order valence-corrected chi connectivity index (χ4v) is 0.273. The van der Waals surface area contributed by atoms with Crippen LogP contribution in [0.15, 0.2) is 0 Å². The lowest BCUT2D eigenvalue weighted by Crippen LogP contribution is -2.73. The number of nitriles is 1. The molecule has 0 fully saturated rings. The van der Waals surface area contributed by atoms with Gasteiger partial charge in [-0.05, 0) is 0 Å². The van der Waals surface area contributed by atoms with E-state index in [9.17, 15) is 0 Å². The highest BCUT2D eigenvalue weighted by atomic mass is 35.6. The minimum Gasteiger partial charge on any atom is -0.318 e. The zero-order chi connectivity index (χ0) is 7.49. The Morgan fingerprint density at radius 1 is 1.56 bits per heavy atom. The van der Waals surface area contributed by atoms with Gasteiger partial charge in [0.2, 0.25) is 0 Å². The van der Waals surface area contributed by atoms with Crippen molar-refractivity contribution in [1.29, 1.82) is 5.26 Å². The maximum absolute atomic E-state index is 7.96. The van der Waals surface area contributed by atoms with Crippen LogP contribution in [0.4, 0.5) is 0 Å². The summed E-state index contributed by atoms with van der Waals surface area (Å²) < 4.78 is -1.71. The number of alkyl halides is 3. The van der Waals surface area contributed by atoms with Crippen molar-refractivity contribution in [2.24, 2.45) is 5.73 Å². The van der Waals surface area contributed by atoms with E-state index < -0.39 is 3.79 Å². The van der Waals surface area contributed by atoms with Gasteiger partial charge in [0, 0.05) is 5.26 Å². The van der Waals surface area contributed by atoms with E-state index in [1.54, 1.807) is 0 Å². The number of hydrogen-bond acceptors (Lipinski definition) is 1. The van der Waals surface area contributed by atoms with Gasteiger partial charge in [-0.2, -0.15) is 4.99 Å². The first kappa shape index (κ1) is 8.83. The molecule has 0 rings (SSSR count). The first-order valence-electron chi connectivity index (χ1n) is 1.83. The van der Waals surface area contributed by atoms with Gasteiger partial charge in [0.25, 0.3) is 9.63 Å². The third-order valence-corrected chi connectivity index (χ3v) is 1.11. The highest BCUT2D eigenvalue weighted by Crippen LogP contribution is 2.23. The summed E-state index contributed by atoms with van der Waals surface area (Å²) in [6.45, 7) is 0. The molecule has 0 aromatic heterocycles. The number of nitrogens with two attached hydrogens (primary N) is 1. The first-order valence-corrected chi connectivity index (χ1v) is 2.96. The minimum atomic E-state index is -1.71. The van der Waals surface area contributed by atoms with Crippen molar-refractivity contribution in [3.05, 3.63) is 0 Å². The van der Waals surface area contributed by atoms with Crippen molar-refractivity contribution in [1.82, 2.24) is 0 Å². The van der Waals surface area contributed by atoms with Gasteiger partial charge < -0.3 is 5.73 Å². The SMILES string of the molecule is N#C[NH+]=C(N)C(Cl)(Cl)Cl. The predicted octanol–water partition coefficient (Wildman–Crippen LogP) is -0.725. The highest BCUT2D eigenvalue weighted by Gasteiger charge is 2.28. The second-order valence-corrected chi connectivity index (χ2v) is 3.43. The Morgan fingerprint density at radius 3 is 2.11 bits per heavy atom. The number of hydrogen-bond donors (Lipinski definition) is 2. The fraction of sp³-hybridized carbons (Fsp3) is 0.333. The zero-order valence-corrected chi connectivity index (χ0v) is 6.43. The Labute approximate surface area is 67.0 Å². The Balaban J connectivity index is 4.25. The van der Waals surface area contributed by atoms with E-state index in [1.807, 2.05) is 4.99 Å². The van der Waals surface area contributed by atoms with Crippen molar-refractivity contribution in [2.75, 3.05) is 0 Å². The molecule has 0 radical (unpaired) electrons. The molecule has 0 atom stereocenters. The Morgan fingerprint density at radius 2 is 2.00 bits per heavy atom. The zero-order valence-electron chi connectivity index (χ0n) is 4.16. The van der Waals surface area contributed by atoms with Crippen molar-refractivity contribution in [2.45, 2.75) is 3.79 Å². The molecule has 0 bridgehead atoms. The van der Waals surface area contributed by atoms with Crippen LogP contribution in [0.3, 0.4) is 0 Å². The van der Waals surface area contributed by atoms with E-state index in [-0.39, 0.29) is 5.84 Å². The summed E-state index contributed by atoms with van der Waals surface area (Å²) in [4.78, 5) is 1.99. The molecule has 0 heterocycles. The lowest BCUT2D eigenvalue weighted by Gasteiger charge is -2.02. The molecule has 0 unspecified atom stereocenters. The molecule has 9 heavy (non-hydrogen) atoms. The van der Waals surface area contributed by atoms with Crippen LogP contribution in [0.25, 0.3) is 0 Å². The molecule has 50 valence electrons. The van der Waals surface area contributed by atoms with Gasteiger partial charge in [-0.1, -0.05) is 34.8 Å². The molecule has 0 saturated carbocycles. The Hall–Kier alpha value is -0.170. The van der Waals surface area contributed by atoms with Gasteiger partial charge in [0.15, 0.2) is 0 Å². The monoisotopic (exact) mass is 186 g/mol. The molecule has 0 aliphatic heterocycles. The summed E-state index contributed by atoms with van der Waals surface area (Å²) in [6.07, 6.45) is 1.51. The summed E-state index contributed by atoms with van der Waals surface area (Å²) in [5.41, 5.74) is 5.05. The standard InChI is InChI=1S/C3H2Cl3N3/c4-3(5,6)2(8)9-1-7/h(H2,8,9)/p+1. The van der Waals surface area contributed by atoms with Crippen molar-refractivity contribution in [3.8, 4) is 6.19 Å². The van der Waals surface area contributed by atoms with E-state index in [4.69, 9.17) is 45.8 Å². The molecule has 0 aromatic rings. The molecule has 3 N–H and O–H groups in total. The summed E-state index contributed by atoms with van der Waals surface area (Å²) in [7, 11) is 0. The van der Waals surface area contributed by atoms with Gasteiger partial charge in [-0.25, -0.2) is 0 Å². The van der Waals surface area contributed by atoms with Crippen LogP contribution in [-0.4, -0.2) is 9.63 Å². The quantitative estimate of drug-likeness (QED) is 0.173. The molecule has 3 nitrogen and oxygen atoms in total. The minimum absolute atomic E-state index is 0.199. The van der Waals surface area contributed by atoms with E-state index in [0.29, 0.717) is 0 Å². The van der Waals surface area contributed by atoms with Crippen LogP contribution in [0.2, 0.25) is 0 Å². The molecule has 0 aromatic carbocycles. The topological polar surface area (TPSA) is 63.8 Å². The van der Waals surface area contributed by atoms with Gasteiger partial charge in [-0.15, -0.1) is 0 Å². The summed E-state index contributed by atoms with van der Waals surface area (Å²) in [6, 6.07) is 0. The van der Waals surface area contributed by atoms with E-state index in [0.717, 1.165) is 0 Å². The lowest BCUT2D eigenvalue weighted by molar-refractivity contribution is -0.354. The number of nitrogens with one attached hydrogen (secondary N) is 1. The fourth-order valence-electron chi connectivity index (χ4n) is 0.131. The van der Waals surface area contributed by atoms with Crippen molar-refractivity contribution >= 4 is 40.6 Å². The Bertz CT molecular complexity index is 162. The number of rotatable bonds is 0. The summed E-state index contributed by atoms with van der Waals surface area (Å²) in [5.74, 6) is -0.199. The van der Waals surface area contributed by atoms with Crippen molar-refractivity contribution in [3.63, 3.8) is 0 Å². The molecule has 0 amide bonds. The van der Waals surface area contributed by atoms with Gasteiger partial charge in [-0.3, -0.25) is 0 Å². The van der Waals surface area contributed by atoms with Crippen molar-refractivity contribution < 1.29 is 4.99 Å². The van der Waals surface area contributed by atoms with Crippen LogP contribution in [0.5, 0.6) is 0 Å². The van der Waals surface area contributed by atoms with Crippen LogP contribution >= 0.6 is 34.8 Å². The molecular formula is C3H3Cl3N3+. The largest absolute Gasteiger partial charge is 0.367 e. The van der Waals surface area contributed by atoms with Crippen LogP contribution < -0.4 is 10.7 Å². The van der Waals surface area contributed by atoms with E-state index >= 15 is 0 Å². The van der Waals surface area contributed by atoms with Gasteiger partial charge in [0.05, 0.1) is 0 Å². The van der Waals surface area contributed by atoms with E-state index in [1.165, 1.54) is 6.19 Å². The Kier molecular flexibility index (Phi) is 3.06. The summed E-state index contributed by atoms with van der Waals surface area (Å²) in [5, 5.41) is 7.96. The summed E-state index contributed by atoms with van der Waals surface area (Å²) >= 11 is 15.7. The predicted molar refractivity (Wildman–Crippen MR) is 36.1 cm³/mol. The third-order valence-electron chi connectivity index (χ3n) is 0.496. The van der Waals surface area contributed by atoms with Crippen LogP contribution in [0, 0.1) is 11.5 Å². The number of halogens is 3. The maximum Gasteiger partial charge on any atom is 0.367 e. The first-order chi connectivity index (χ1) is 3.98. The molecule has 0 spiro atoms. The molecular weight excluding hydrogens is 184 g/mol. The molecule has 0 aliphatic rings. The average molecular weight is 187 g/mol. The maximum atomic E-state index is 7.96. The van der Waals surface area contributed by atoms with Gasteiger partial charge in [0.1, 0.15) is 0 Å². The number of amidine groups is 1. The van der Waals surface area contributed by atoms with E-state index in [2.05, 4.69) is 0 Å². The number of nitrogens with zero attached hydrogens (tertiary/aromatic N) is 1. The molecule has 0 saturated heterocycles. The van der Waals surface area contributed by atoms with Crippen LogP contribution in [-0.2, 0) is 0 Å². The highest BCUT2D eigenvalue weighted by molar-refractivity contribution is 6.76. The van der Waals surface area contributed by atoms with Crippen LogP contribution in [0.1, 0.15) is 0 Å².